The number of piperazine rings is 1. The van der Waals surface area contributed by atoms with Crippen molar-refractivity contribution < 1.29 is 27.6 Å². The number of rotatable bonds is 3. The summed E-state index contributed by atoms with van der Waals surface area (Å²) in [5.74, 6) is 2.05. The van der Waals surface area contributed by atoms with E-state index < -0.39 is 9.84 Å². The van der Waals surface area contributed by atoms with E-state index in [0.717, 1.165) is 43.0 Å². The molecule has 2 fully saturated rings. The average Bonchev–Trinajstić information content (AvgIpc) is 2.91. The fraction of sp³-hybridized carbons (Fsp3) is 0.550. The van der Waals surface area contributed by atoms with Gasteiger partial charge in [0.1, 0.15) is 11.8 Å². The second-order valence-corrected chi connectivity index (χ2v) is 9.90. The number of hydrogen-bond donors (Lipinski definition) is 1. The van der Waals surface area contributed by atoms with Gasteiger partial charge in [-0.2, -0.15) is 0 Å². The quantitative estimate of drug-likeness (QED) is 0.701. The van der Waals surface area contributed by atoms with Crippen molar-refractivity contribution in [2.45, 2.75) is 18.9 Å². The molecular weight excluding hydrogens is 380 g/mol. The number of quaternary nitrogens is 1. The van der Waals surface area contributed by atoms with Crippen LogP contribution in [0.15, 0.2) is 24.3 Å². The Hall–Kier alpha value is -2.06. The number of sulfone groups is 1. The molecule has 8 heteroatoms. The molecule has 2 saturated heterocycles. The summed E-state index contributed by atoms with van der Waals surface area (Å²) in [6.07, 6.45) is 5.01. The van der Waals surface area contributed by atoms with Crippen molar-refractivity contribution in [2.75, 3.05) is 50.9 Å². The van der Waals surface area contributed by atoms with Crippen LogP contribution in [0.5, 0.6) is 11.5 Å². The van der Waals surface area contributed by atoms with Crippen molar-refractivity contribution in [3.63, 3.8) is 0 Å². The summed E-state index contributed by atoms with van der Waals surface area (Å²) in [7, 11) is -2.85. The molecule has 4 rings (SSSR count). The number of ether oxygens (including phenoxy) is 2. The van der Waals surface area contributed by atoms with Crippen LogP contribution in [0.4, 0.5) is 0 Å². The monoisotopic (exact) mass is 407 g/mol. The van der Waals surface area contributed by atoms with E-state index in [0.29, 0.717) is 37.8 Å². The van der Waals surface area contributed by atoms with Gasteiger partial charge < -0.3 is 19.3 Å². The highest BCUT2D eigenvalue weighted by Crippen LogP contribution is 2.30. The molecule has 0 radical (unpaired) electrons. The smallest absolute Gasteiger partial charge is 0.246 e. The van der Waals surface area contributed by atoms with Gasteiger partial charge in [-0.05, 0) is 23.8 Å². The van der Waals surface area contributed by atoms with Crippen LogP contribution in [-0.2, 0) is 14.6 Å². The highest BCUT2D eigenvalue weighted by molar-refractivity contribution is 7.91. The minimum atomic E-state index is -2.85. The molecule has 3 heterocycles. The molecule has 1 atom stereocenters. The second-order valence-electron chi connectivity index (χ2n) is 7.67. The van der Waals surface area contributed by atoms with Gasteiger partial charge >= 0.3 is 0 Å². The molecule has 0 aromatic heterocycles. The molecule has 0 saturated carbocycles. The van der Waals surface area contributed by atoms with Gasteiger partial charge in [-0.15, -0.1) is 0 Å². The first-order valence-corrected chi connectivity index (χ1v) is 11.7. The molecule has 0 unspecified atom stereocenters. The van der Waals surface area contributed by atoms with Gasteiger partial charge in [0.25, 0.3) is 0 Å². The Balaban J connectivity index is 1.31. The first-order valence-electron chi connectivity index (χ1n) is 9.92. The van der Waals surface area contributed by atoms with E-state index in [2.05, 4.69) is 0 Å². The molecule has 0 spiro atoms. The number of carbonyl (C=O) groups excluding carboxylic acids is 1. The van der Waals surface area contributed by atoms with Crippen LogP contribution in [0.25, 0.3) is 6.08 Å². The zero-order valence-electron chi connectivity index (χ0n) is 15.9. The molecule has 0 bridgehead atoms. The fourth-order valence-electron chi connectivity index (χ4n) is 4.10. The highest BCUT2D eigenvalue weighted by Gasteiger charge is 2.37. The van der Waals surface area contributed by atoms with E-state index in [-0.39, 0.29) is 11.9 Å². The van der Waals surface area contributed by atoms with Gasteiger partial charge in [0.2, 0.25) is 5.91 Å². The first-order chi connectivity index (χ1) is 13.5. The van der Waals surface area contributed by atoms with Crippen molar-refractivity contribution in [3.05, 3.63) is 29.8 Å². The molecule has 1 amide bonds. The van der Waals surface area contributed by atoms with E-state index in [1.807, 2.05) is 23.1 Å². The third-order valence-electron chi connectivity index (χ3n) is 5.72. The molecule has 3 aliphatic rings. The number of fused-ring (bicyclic) bond motifs is 1. The normalized spacial score (nSPS) is 25.0. The van der Waals surface area contributed by atoms with Gasteiger partial charge in [0.05, 0.1) is 45.1 Å². The molecule has 1 aromatic carbocycles. The predicted molar refractivity (Wildman–Crippen MR) is 105 cm³/mol. The van der Waals surface area contributed by atoms with Crippen LogP contribution >= 0.6 is 0 Å². The van der Waals surface area contributed by atoms with Crippen LogP contribution in [0, 0.1) is 0 Å². The zero-order valence-corrected chi connectivity index (χ0v) is 16.7. The summed E-state index contributed by atoms with van der Waals surface area (Å²) in [6.45, 7) is 4.23. The van der Waals surface area contributed by atoms with Gasteiger partial charge in [0.15, 0.2) is 21.3 Å². The van der Waals surface area contributed by atoms with Crippen LogP contribution in [0.2, 0.25) is 0 Å². The SMILES string of the molecule is O=C(/C=C/c1ccc2c(c1)OCCCO2)N1CC[NH+]([C@@H]2CCS(=O)(=O)C2)CC1. The standard InChI is InChI=1S/C20H26N2O5S/c23-20(5-3-16-2-4-18-19(14-16)27-12-1-11-26-18)22-9-7-21(8-10-22)17-6-13-28(24,25)15-17/h2-5,14,17H,1,6-13,15H2/p+1/b5-3+/t17-/m1/s1. The van der Waals surface area contributed by atoms with Crippen LogP contribution in [-0.4, -0.2) is 76.2 Å². The largest absolute Gasteiger partial charge is 0.490 e. The predicted octanol–water partition coefficient (Wildman–Crippen LogP) is -0.225. The van der Waals surface area contributed by atoms with Crippen LogP contribution < -0.4 is 14.4 Å². The summed E-state index contributed by atoms with van der Waals surface area (Å²) < 4.78 is 34.7. The number of nitrogens with zero attached hydrogens (tertiary/aromatic N) is 1. The first kappa shape index (κ1) is 19.3. The number of amides is 1. The van der Waals surface area contributed by atoms with Crippen molar-refractivity contribution in [1.29, 1.82) is 0 Å². The maximum atomic E-state index is 12.5. The van der Waals surface area contributed by atoms with E-state index in [4.69, 9.17) is 9.47 Å². The van der Waals surface area contributed by atoms with Gasteiger partial charge in [0, 0.05) is 18.9 Å². The lowest BCUT2D eigenvalue weighted by atomic mass is 10.1. The van der Waals surface area contributed by atoms with E-state index in [1.54, 1.807) is 12.2 Å². The van der Waals surface area contributed by atoms with Gasteiger partial charge in [-0.3, -0.25) is 4.79 Å². The van der Waals surface area contributed by atoms with Crippen LogP contribution in [0.1, 0.15) is 18.4 Å². The molecule has 0 aliphatic carbocycles. The number of carbonyl (C=O) groups is 1. The molecule has 7 nitrogen and oxygen atoms in total. The number of benzene rings is 1. The van der Waals surface area contributed by atoms with Gasteiger partial charge in [-0.25, -0.2) is 8.42 Å². The lowest BCUT2D eigenvalue weighted by Gasteiger charge is -2.34. The van der Waals surface area contributed by atoms with E-state index in [1.165, 1.54) is 4.90 Å². The third-order valence-corrected chi connectivity index (χ3v) is 7.49. The average molecular weight is 408 g/mol. The Kier molecular flexibility index (Phi) is 5.59. The van der Waals surface area contributed by atoms with E-state index in [9.17, 15) is 13.2 Å². The Morgan fingerprint density at radius 2 is 1.89 bits per heavy atom. The summed E-state index contributed by atoms with van der Waals surface area (Å²) in [4.78, 5) is 15.7. The Bertz CT molecular complexity index is 859. The Morgan fingerprint density at radius 1 is 1.14 bits per heavy atom. The molecule has 3 aliphatic heterocycles. The lowest BCUT2D eigenvalue weighted by Crippen LogP contribution is -3.18. The third kappa shape index (κ3) is 4.50. The molecule has 152 valence electrons. The van der Waals surface area contributed by atoms with Crippen LogP contribution in [0.3, 0.4) is 0 Å². The number of nitrogens with one attached hydrogen (secondary N) is 1. The molecule has 1 N–H and O–H groups in total. The Labute approximate surface area is 165 Å². The summed E-state index contributed by atoms with van der Waals surface area (Å²) in [5.41, 5.74) is 0.901. The minimum absolute atomic E-state index is 0.00907. The van der Waals surface area contributed by atoms with Crippen molar-refractivity contribution >= 4 is 21.8 Å². The topological polar surface area (TPSA) is 77.3 Å². The summed E-state index contributed by atoms with van der Waals surface area (Å²) in [6, 6.07) is 5.88. The lowest BCUT2D eigenvalue weighted by molar-refractivity contribution is -0.925. The second kappa shape index (κ2) is 8.13. The highest BCUT2D eigenvalue weighted by atomic mass is 32.2. The van der Waals surface area contributed by atoms with Crippen molar-refractivity contribution in [1.82, 2.24) is 4.90 Å². The summed E-state index contributed by atoms with van der Waals surface area (Å²) >= 11 is 0. The number of hydrogen-bond acceptors (Lipinski definition) is 5. The maximum Gasteiger partial charge on any atom is 0.246 e. The Morgan fingerprint density at radius 3 is 2.61 bits per heavy atom. The van der Waals surface area contributed by atoms with Crippen molar-refractivity contribution in [2.24, 2.45) is 0 Å². The molecular formula is C20H27N2O5S+. The molecule has 28 heavy (non-hydrogen) atoms. The minimum Gasteiger partial charge on any atom is -0.490 e. The zero-order chi connectivity index (χ0) is 19.6. The van der Waals surface area contributed by atoms with Gasteiger partial charge in [-0.1, -0.05) is 6.07 Å². The summed E-state index contributed by atoms with van der Waals surface area (Å²) in [5, 5.41) is 0. The maximum absolute atomic E-state index is 12.5. The van der Waals surface area contributed by atoms with Crippen molar-refractivity contribution in [3.8, 4) is 11.5 Å². The fourth-order valence-corrected chi connectivity index (χ4v) is 5.92. The van der Waals surface area contributed by atoms with E-state index >= 15 is 0 Å². The molecule has 1 aromatic rings.